The van der Waals surface area contributed by atoms with Crippen molar-refractivity contribution in [3.05, 3.63) is 46.4 Å². The van der Waals surface area contributed by atoms with Crippen LogP contribution in [0.3, 0.4) is 0 Å². The molecule has 1 fully saturated rings. The van der Waals surface area contributed by atoms with Crippen LogP contribution in [0.5, 0.6) is 0 Å². The molecular formula is C20H24BrN5O. The van der Waals surface area contributed by atoms with E-state index in [0.717, 1.165) is 46.5 Å². The third-order valence-electron chi connectivity index (χ3n) is 5.52. The van der Waals surface area contributed by atoms with Crippen molar-refractivity contribution < 1.29 is 4.84 Å². The first-order chi connectivity index (χ1) is 13.0. The van der Waals surface area contributed by atoms with Gasteiger partial charge in [0.25, 0.3) is 0 Å². The topological polar surface area (TPSA) is 89.2 Å². The molecule has 0 radical (unpaired) electrons. The lowest BCUT2D eigenvalue weighted by Crippen LogP contribution is -2.58. The standard InChI is InChI=1S/C20H24BrN5O/c1-13-8-10-20(11-9-13)25-18(22)24-19(23)26(20)27-12-14-6-7-17(21)16-5-3-2-4-15(14)16/h2-7,13H,8-12H2,1H3,(H4,22,23,24,25). The summed E-state index contributed by atoms with van der Waals surface area (Å²) in [6.45, 7) is 2.65. The van der Waals surface area contributed by atoms with Gasteiger partial charge in [-0.25, -0.2) is 4.99 Å². The van der Waals surface area contributed by atoms with Gasteiger partial charge in [-0.1, -0.05) is 53.2 Å². The summed E-state index contributed by atoms with van der Waals surface area (Å²) < 4.78 is 1.07. The number of hydroxylamine groups is 2. The maximum absolute atomic E-state index is 6.21. The molecule has 2 aromatic carbocycles. The molecule has 2 aliphatic rings. The maximum atomic E-state index is 6.21. The van der Waals surface area contributed by atoms with Crippen molar-refractivity contribution in [3.63, 3.8) is 0 Å². The number of nitrogens with two attached hydrogens (primary N) is 2. The van der Waals surface area contributed by atoms with Crippen LogP contribution in [0, 0.1) is 5.92 Å². The van der Waals surface area contributed by atoms with Gasteiger partial charge in [0.1, 0.15) is 6.61 Å². The number of rotatable bonds is 3. The van der Waals surface area contributed by atoms with Crippen LogP contribution in [-0.2, 0) is 11.4 Å². The molecule has 4 N–H and O–H groups in total. The van der Waals surface area contributed by atoms with E-state index in [-0.39, 0.29) is 11.9 Å². The van der Waals surface area contributed by atoms with Gasteiger partial charge >= 0.3 is 0 Å². The number of nitrogens with zero attached hydrogens (tertiary/aromatic N) is 3. The second-order valence-corrected chi connectivity index (χ2v) is 8.28. The van der Waals surface area contributed by atoms with Gasteiger partial charge in [-0.3, -0.25) is 4.84 Å². The summed E-state index contributed by atoms with van der Waals surface area (Å²) in [6.07, 6.45) is 3.83. The lowest BCUT2D eigenvalue weighted by molar-refractivity contribution is -0.187. The molecule has 1 aliphatic heterocycles. The Labute approximate surface area is 167 Å². The molecule has 0 unspecified atom stereocenters. The number of fused-ring (bicyclic) bond motifs is 1. The van der Waals surface area contributed by atoms with Crippen LogP contribution in [0.15, 0.2) is 50.9 Å². The minimum Gasteiger partial charge on any atom is -0.368 e. The van der Waals surface area contributed by atoms with E-state index in [1.807, 2.05) is 18.2 Å². The zero-order valence-electron chi connectivity index (χ0n) is 15.4. The highest BCUT2D eigenvalue weighted by Crippen LogP contribution is 2.39. The molecule has 0 atom stereocenters. The third kappa shape index (κ3) is 3.41. The van der Waals surface area contributed by atoms with Gasteiger partial charge in [0.15, 0.2) is 5.66 Å². The summed E-state index contributed by atoms with van der Waals surface area (Å²) in [5, 5.41) is 3.99. The maximum Gasteiger partial charge on any atom is 0.226 e. The van der Waals surface area contributed by atoms with Gasteiger partial charge in [-0.05, 0) is 54.0 Å². The Morgan fingerprint density at radius 1 is 1.15 bits per heavy atom. The minimum absolute atomic E-state index is 0.232. The van der Waals surface area contributed by atoms with E-state index >= 15 is 0 Å². The summed E-state index contributed by atoms with van der Waals surface area (Å²) in [6, 6.07) is 12.4. The molecule has 4 rings (SSSR count). The predicted molar refractivity (Wildman–Crippen MR) is 112 cm³/mol. The second kappa shape index (κ2) is 7.13. The predicted octanol–water partition coefficient (Wildman–Crippen LogP) is 3.89. The van der Waals surface area contributed by atoms with Crippen molar-refractivity contribution in [1.29, 1.82) is 0 Å². The second-order valence-electron chi connectivity index (χ2n) is 7.42. The lowest BCUT2D eigenvalue weighted by Gasteiger charge is -2.45. The summed E-state index contributed by atoms with van der Waals surface area (Å²) in [5.41, 5.74) is 12.7. The van der Waals surface area contributed by atoms with E-state index in [1.54, 1.807) is 5.06 Å². The van der Waals surface area contributed by atoms with Crippen molar-refractivity contribution in [3.8, 4) is 0 Å². The van der Waals surface area contributed by atoms with E-state index in [4.69, 9.17) is 16.3 Å². The van der Waals surface area contributed by atoms with Gasteiger partial charge < -0.3 is 11.5 Å². The smallest absolute Gasteiger partial charge is 0.226 e. The van der Waals surface area contributed by atoms with Crippen molar-refractivity contribution in [1.82, 2.24) is 5.06 Å². The van der Waals surface area contributed by atoms with Crippen molar-refractivity contribution in [2.24, 2.45) is 27.4 Å². The Hall–Kier alpha value is -2.12. The van der Waals surface area contributed by atoms with E-state index in [2.05, 4.69) is 51.0 Å². The van der Waals surface area contributed by atoms with Crippen LogP contribution in [0.25, 0.3) is 10.8 Å². The Morgan fingerprint density at radius 3 is 2.59 bits per heavy atom. The number of hydrogen-bond donors (Lipinski definition) is 2. The Balaban J connectivity index is 1.62. The Bertz CT molecular complexity index is 918. The zero-order chi connectivity index (χ0) is 19.0. The summed E-state index contributed by atoms with van der Waals surface area (Å²) >= 11 is 3.62. The average molecular weight is 430 g/mol. The highest BCUT2D eigenvalue weighted by Gasteiger charge is 2.44. The average Bonchev–Trinajstić information content (AvgIpc) is 2.65. The third-order valence-corrected chi connectivity index (χ3v) is 6.21. The van der Waals surface area contributed by atoms with Crippen molar-refractivity contribution >= 4 is 38.6 Å². The molecule has 0 bridgehead atoms. The molecule has 27 heavy (non-hydrogen) atoms. The first-order valence-electron chi connectivity index (χ1n) is 9.27. The molecule has 1 spiro atoms. The normalized spacial score (nSPS) is 25.6. The fraction of sp³-hybridized carbons (Fsp3) is 0.400. The molecule has 142 valence electrons. The van der Waals surface area contributed by atoms with E-state index in [0.29, 0.717) is 12.5 Å². The van der Waals surface area contributed by atoms with Gasteiger partial charge in [-0.15, -0.1) is 0 Å². The van der Waals surface area contributed by atoms with Crippen molar-refractivity contribution in [2.75, 3.05) is 0 Å². The fourth-order valence-corrected chi connectivity index (χ4v) is 4.45. The molecule has 6 nitrogen and oxygen atoms in total. The highest BCUT2D eigenvalue weighted by atomic mass is 79.9. The molecule has 0 saturated heterocycles. The number of halogens is 1. The van der Waals surface area contributed by atoms with Crippen LogP contribution in [-0.4, -0.2) is 22.6 Å². The molecule has 2 aromatic rings. The van der Waals surface area contributed by atoms with E-state index in [1.165, 1.54) is 0 Å². The van der Waals surface area contributed by atoms with E-state index < -0.39 is 5.66 Å². The largest absolute Gasteiger partial charge is 0.368 e. The van der Waals surface area contributed by atoms with Gasteiger partial charge in [0.05, 0.1) is 0 Å². The van der Waals surface area contributed by atoms with Crippen LogP contribution in [0.2, 0.25) is 0 Å². The SMILES string of the molecule is CC1CCC2(CC1)N=C(N)N=C(N)N2OCc1ccc(Br)c2ccccc12. The van der Waals surface area contributed by atoms with E-state index in [9.17, 15) is 0 Å². The van der Waals surface area contributed by atoms with Gasteiger partial charge in [-0.2, -0.15) is 10.1 Å². The van der Waals surface area contributed by atoms with Crippen molar-refractivity contribution in [2.45, 2.75) is 44.9 Å². The molecule has 0 aromatic heterocycles. The van der Waals surface area contributed by atoms with Crippen LogP contribution >= 0.6 is 15.9 Å². The highest BCUT2D eigenvalue weighted by molar-refractivity contribution is 9.10. The first-order valence-corrected chi connectivity index (χ1v) is 10.1. The lowest BCUT2D eigenvalue weighted by atomic mass is 9.82. The first kappa shape index (κ1) is 18.3. The van der Waals surface area contributed by atoms with Gasteiger partial charge in [0.2, 0.25) is 11.9 Å². The van der Waals surface area contributed by atoms with Gasteiger partial charge in [0, 0.05) is 4.47 Å². The zero-order valence-corrected chi connectivity index (χ0v) is 16.9. The molecular weight excluding hydrogens is 406 g/mol. The monoisotopic (exact) mass is 429 g/mol. The number of benzene rings is 2. The van der Waals surface area contributed by atoms with Crippen LogP contribution < -0.4 is 11.5 Å². The quantitative estimate of drug-likeness (QED) is 0.774. The Kier molecular flexibility index (Phi) is 4.82. The molecule has 0 amide bonds. The number of aliphatic imine (C=N–C) groups is 2. The summed E-state index contributed by atoms with van der Waals surface area (Å²) in [4.78, 5) is 15.0. The Morgan fingerprint density at radius 2 is 1.85 bits per heavy atom. The molecule has 1 aliphatic carbocycles. The minimum atomic E-state index is -0.548. The molecule has 1 heterocycles. The molecule has 7 heteroatoms. The van der Waals surface area contributed by atoms with Crippen LogP contribution in [0.1, 0.15) is 38.2 Å². The molecule has 1 saturated carbocycles. The number of guanidine groups is 2. The summed E-state index contributed by atoms with van der Waals surface area (Å²) in [5.74, 6) is 1.18. The van der Waals surface area contributed by atoms with Crippen LogP contribution in [0.4, 0.5) is 0 Å². The number of hydrogen-bond acceptors (Lipinski definition) is 6. The fourth-order valence-electron chi connectivity index (χ4n) is 3.97. The summed E-state index contributed by atoms with van der Waals surface area (Å²) in [7, 11) is 0.